The second kappa shape index (κ2) is 9.59. The van der Waals surface area contributed by atoms with Crippen LogP contribution >= 0.6 is 11.3 Å². The summed E-state index contributed by atoms with van der Waals surface area (Å²) in [7, 11) is 0. The van der Waals surface area contributed by atoms with Crippen molar-refractivity contribution < 1.29 is 4.42 Å². The van der Waals surface area contributed by atoms with Crippen LogP contribution in [-0.2, 0) is 0 Å². The van der Waals surface area contributed by atoms with E-state index in [0.717, 1.165) is 39.0 Å². The summed E-state index contributed by atoms with van der Waals surface area (Å²) < 4.78 is 8.93. The van der Waals surface area contributed by atoms with Gasteiger partial charge in [0.05, 0.1) is 11.1 Å². The van der Waals surface area contributed by atoms with E-state index >= 15 is 0 Å². The van der Waals surface area contributed by atoms with Crippen LogP contribution in [0.3, 0.4) is 0 Å². The molecule has 0 spiro atoms. The van der Waals surface area contributed by atoms with E-state index in [0.29, 0.717) is 0 Å². The lowest BCUT2D eigenvalue weighted by atomic mass is 10.0. The molecule has 0 unspecified atom stereocenters. The predicted molar refractivity (Wildman–Crippen MR) is 184 cm³/mol. The maximum atomic E-state index is 6.32. The largest absolute Gasteiger partial charge is 0.456 e. The highest BCUT2D eigenvalue weighted by atomic mass is 32.1. The van der Waals surface area contributed by atoms with Crippen LogP contribution in [0.5, 0.6) is 0 Å². The van der Waals surface area contributed by atoms with Crippen molar-refractivity contribution in [3.63, 3.8) is 0 Å². The van der Waals surface area contributed by atoms with E-state index in [1.54, 1.807) is 0 Å². The first-order chi connectivity index (χ1) is 21.3. The van der Waals surface area contributed by atoms with Crippen molar-refractivity contribution in [2.24, 2.45) is 0 Å². The van der Waals surface area contributed by atoms with Crippen molar-refractivity contribution >= 4 is 81.3 Å². The fraction of sp³-hybridized carbons (Fsp3) is 0. The molecular formula is C40H25NOS. The zero-order valence-electron chi connectivity index (χ0n) is 23.2. The zero-order valence-corrected chi connectivity index (χ0v) is 24.0. The van der Waals surface area contributed by atoms with Crippen LogP contribution in [0.4, 0.5) is 17.1 Å². The van der Waals surface area contributed by atoms with Crippen molar-refractivity contribution in [2.75, 3.05) is 4.90 Å². The number of rotatable bonds is 4. The molecule has 202 valence electrons. The second-order valence-electron chi connectivity index (χ2n) is 10.9. The Morgan fingerprint density at radius 3 is 2.05 bits per heavy atom. The Labute approximate surface area is 252 Å². The molecule has 43 heavy (non-hydrogen) atoms. The molecular weight excluding hydrogens is 543 g/mol. The molecule has 0 N–H and O–H groups in total. The summed E-state index contributed by atoms with van der Waals surface area (Å²) >= 11 is 1.88. The van der Waals surface area contributed by atoms with Crippen LogP contribution in [0.2, 0.25) is 0 Å². The Kier molecular flexibility index (Phi) is 5.40. The lowest BCUT2D eigenvalue weighted by Crippen LogP contribution is -2.10. The molecule has 0 aliphatic carbocycles. The van der Waals surface area contributed by atoms with E-state index in [-0.39, 0.29) is 0 Å². The number of anilines is 3. The third-order valence-electron chi connectivity index (χ3n) is 8.46. The van der Waals surface area contributed by atoms with E-state index in [1.165, 1.54) is 42.1 Å². The van der Waals surface area contributed by atoms with Crippen LogP contribution in [0.15, 0.2) is 156 Å². The maximum Gasteiger partial charge on any atom is 0.137 e. The van der Waals surface area contributed by atoms with Gasteiger partial charge in [0.2, 0.25) is 0 Å². The van der Waals surface area contributed by atoms with E-state index in [2.05, 4.69) is 144 Å². The lowest BCUT2D eigenvalue weighted by molar-refractivity contribution is 0.669. The summed E-state index contributed by atoms with van der Waals surface area (Å²) in [6.45, 7) is 0. The van der Waals surface area contributed by atoms with Crippen molar-refractivity contribution in [2.45, 2.75) is 0 Å². The normalized spacial score (nSPS) is 11.7. The number of nitrogens with zero attached hydrogens (tertiary/aromatic N) is 1. The van der Waals surface area contributed by atoms with E-state index in [1.807, 2.05) is 23.5 Å². The molecule has 9 aromatic rings. The Hall–Kier alpha value is -5.38. The molecule has 0 saturated heterocycles. The summed E-state index contributed by atoms with van der Waals surface area (Å²) in [5.41, 5.74) is 7.51. The summed E-state index contributed by atoms with van der Waals surface area (Å²) in [5.74, 6) is 0. The molecule has 0 aliphatic heterocycles. The van der Waals surface area contributed by atoms with Gasteiger partial charge in [-0.1, -0.05) is 109 Å². The molecule has 0 saturated carbocycles. The van der Waals surface area contributed by atoms with Gasteiger partial charge in [0, 0.05) is 36.9 Å². The Balaban J connectivity index is 1.28. The van der Waals surface area contributed by atoms with Gasteiger partial charge < -0.3 is 9.32 Å². The average molecular weight is 568 g/mol. The number of hydrogen-bond donors (Lipinski definition) is 0. The highest BCUT2D eigenvalue weighted by Crippen LogP contribution is 2.46. The first-order valence-corrected chi connectivity index (χ1v) is 15.3. The van der Waals surface area contributed by atoms with Crippen LogP contribution in [-0.4, -0.2) is 0 Å². The highest BCUT2D eigenvalue weighted by molar-refractivity contribution is 7.26. The molecule has 0 aliphatic rings. The summed E-state index contributed by atoms with van der Waals surface area (Å²) in [5, 5.41) is 7.43. The number of benzene rings is 7. The lowest BCUT2D eigenvalue weighted by Gasteiger charge is -2.26. The standard InChI is InChI=1S/C40H25NOS/c1-2-9-26(10-3-1)27-17-20-29(21-18-27)41(35-14-8-16-37-39(35)34-13-6-7-15-36(34)42-37)30-22-24-32-33-23-19-28-11-4-5-12-31(28)40(33)43-38(32)25-30/h1-25H. The monoisotopic (exact) mass is 567 g/mol. The minimum atomic E-state index is 0.888. The number of furan rings is 1. The molecule has 0 amide bonds. The van der Waals surface area contributed by atoms with Gasteiger partial charge in [-0.15, -0.1) is 11.3 Å². The van der Waals surface area contributed by atoms with Gasteiger partial charge in [0.15, 0.2) is 0 Å². The van der Waals surface area contributed by atoms with Crippen molar-refractivity contribution in [3.8, 4) is 11.1 Å². The van der Waals surface area contributed by atoms with Crippen LogP contribution in [0.1, 0.15) is 0 Å². The van der Waals surface area contributed by atoms with E-state index in [9.17, 15) is 0 Å². The SMILES string of the molecule is c1ccc(-c2ccc(N(c3ccc4c(c3)sc3c5ccccc5ccc43)c3cccc4oc5ccccc5c34)cc2)cc1. The number of para-hydroxylation sites is 1. The molecule has 3 heteroatoms. The van der Waals surface area contributed by atoms with Gasteiger partial charge in [-0.05, 0) is 64.4 Å². The quantitative estimate of drug-likeness (QED) is 0.210. The molecule has 2 aromatic heterocycles. The summed E-state index contributed by atoms with van der Waals surface area (Å²) in [4.78, 5) is 2.38. The first kappa shape index (κ1) is 24.2. The molecule has 9 rings (SSSR count). The van der Waals surface area contributed by atoms with Gasteiger partial charge in [0.25, 0.3) is 0 Å². The van der Waals surface area contributed by atoms with Gasteiger partial charge in [0.1, 0.15) is 11.2 Å². The minimum absolute atomic E-state index is 0.888. The minimum Gasteiger partial charge on any atom is -0.456 e. The number of thiophene rings is 1. The van der Waals surface area contributed by atoms with Gasteiger partial charge in [-0.3, -0.25) is 0 Å². The van der Waals surface area contributed by atoms with Crippen molar-refractivity contribution in [3.05, 3.63) is 152 Å². The summed E-state index contributed by atoms with van der Waals surface area (Å²) in [6.07, 6.45) is 0. The predicted octanol–water partition coefficient (Wildman–Crippen LogP) is 12.2. The van der Waals surface area contributed by atoms with Gasteiger partial charge in [-0.2, -0.15) is 0 Å². The molecule has 0 bridgehead atoms. The number of hydrogen-bond acceptors (Lipinski definition) is 3. The maximum absolute atomic E-state index is 6.32. The van der Waals surface area contributed by atoms with E-state index in [4.69, 9.17) is 4.42 Å². The molecule has 7 aromatic carbocycles. The zero-order chi connectivity index (χ0) is 28.3. The second-order valence-corrected chi connectivity index (χ2v) is 12.0. The molecule has 2 heterocycles. The van der Waals surface area contributed by atoms with Crippen molar-refractivity contribution in [1.82, 2.24) is 0 Å². The van der Waals surface area contributed by atoms with Gasteiger partial charge >= 0.3 is 0 Å². The Bertz CT molecular complexity index is 2450. The van der Waals surface area contributed by atoms with E-state index < -0.39 is 0 Å². The Morgan fingerprint density at radius 2 is 1.16 bits per heavy atom. The highest BCUT2D eigenvalue weighted by Gasteiger charge is 2.20. The van der Waals surface area contributed by atoms with Crippen molar-refractivity contribution in [1.29, 1.82) is 0 Å². The van der Waals surface area contributed by atoms with Crippen LogP contribution in [0.25, 0.3) is 64.0 Å². The molecule has 0 atom stereocenters. The molecule has 2 nitrogen and oxygen atoms in total. The first-order valence-electron chi connectivity index (χ1n) is 14.5. The average Bonchev–Trinajstić information content (AvgIpc) is 3.64. The molecule has 0 radical (unpaired) electrons. The third kappa shape index (κ3) is 3.86. The fourth-order valence-corrected chi connectivity index (χ4v) is 7.71. The van der Waals surface area contributed by atoms with Gasteiger partial charge in [-0.25, -0.2) is 0 Å². The van der Waals surface area contributed by atoms with Crippen LogP contribution < -0.4 is 4.90 Å². The fourth-order valence-electron chi connectivity index (χ4n) is 6.44. The topological polar surface area (TPSA) is 16.4 Å². The summed E-state index contributed by atoms with van der Waals surface area (Å²) in [6, 6.07) is 54.2. The van der Waals surface area contributed by atoms with Crippen LogP contribution in [0, 0.1) is 0 Å². The Morgan fingerprint density at radius 1 is 0.465 bits per heavy atom. The molecule has 0 fully saturated rings. The smallest absolute Gasteiger partial charge is 0.137 e. The number of fused-ring (bicyclic) bond motifs is 8. The third-order valence-corrected chi connectivity index (χ3v) is 9.66.